The number of piperidine rings is 1. The zero-order chi connectivity index (χ0) is 20.4. The van der Waals surface area contributed by atoms with Crippen LogP contribution in [0.25, 0.3) is 0 Å². The molecule has 2 aromatic rings. The average molecular weight is 432 g/mol. The number of carbonyl (C=O) groups excluding carboxylic acids is 3. The molecule has 2 unspecified atom stereocenters. The third-order valence-electron chi connectivity index (χ3n) is 5.66. The Labute approximate surface area is 178 Å². The molecule has 2 N–H and O–H groups in total. The fourth-order valence-corrected chi connectivity index (χ4v) is 5.83. The molecule has 3 amide bonds. The van der Waals surface area contributed by atoms with E-state index in [0.29, 0.717) is 35.2 Å². The van der Waals surface area contributed by atoms with E-state index in [1.165, 1.54) is 33.1 Å². The van der Waals surface area contributed by atoms with Gasteiger partial charge in [0.1, 0.15) is 0 Å². The van der Waals surface area contributed by atoms with Crippen molar-refractivity contribution < 1.29 is 14.4 Å². The van der Waals surface area contributed by atoms with Gasteiger partial charge >= 0.3 is 0 Å². The van der Waals surface area contributed by atoms with E-state index in [4.69, 9.17) is 0 Å². The van der Waals surface area contributed by atoms with Gasteiger partial charge in [0.05, 0.1) is 15.7 Å². The summed E-state index contributed by atoms with van der Waals surface area (Å²) in [5.41, 5.74) is 6.39. The third kappa shape index (κ3) is 4.53. The minimum Gasteiger partial charge on any atom is -0.337 e. The molecule has 2 atom stereocenters. The summed E-state index contributed by atoms with van der Waals surface area (Å²) < 4.78 is 0. The molecule has 2 aromatic heterocycles. The van der Waals surface area contributed by atoms with Crippen molar-refractivity contribution in [1.29, 1.82) is 0 Å². The molecule has 3 heterocycles. The summed E-state index contributed by atoms with van der Waals surface area (Å²) in [5, 5.41) is 1.87. The molecular formula is C21H25N3O3S2. The molecule has 0 aromatic carbocycles. The number of fused-ring (bicyclic) bond motifs is 1. The Morgan fingerprint density at radius 1 is 1.17 bits per heavy atom. The quantitative estimate of drug-likeness (QED) is 0.733. The van der Waals surface area contributed by atoms with Gasteiger partial charge in [0.15, 0.2) is 0 Å². The van der Waals surface area contributed by atoms with Gasteiger partial charge < -0.3 is 4.90 Å². The van der Waals surface area contributed by atoms with Gasteiger partial charge in [-0.15, -0.1) is 22.7 Å². The lowest BCUT2D eigenvalue weighted by Gasteiger charge is -2.31. The molecular weight excluding hydrogens is 406 g/mol. The minimum atomic E-state index is -0.314. The molecule has 0 bridgehead atoms. The Bertz CT molecular complexity index is 906. The van der Waals surface area contributed by atoms with Crippen LogP contribution < -0.4 is 10.9 Å². The highest BCUT2D eigenvalue weighted by molar-refractivity contribution is 7.14. The second kappa shape index (κ2) is 8.67. The van der Waals surface area contributed by atoms with Crippen molar-refractivity contribution >= 4 is 40.4 Å². The number of carbonyl (C=O) groups is 3. The first kappa shape index (κ1) is 20.1. The molecule has 1 saturated heterocycles. The highest BCUT2D eigenvalue weighted by atomic mass is 32.1. The zero-order valence-electron chi connectivity index (χ0n) is 16.4. The van der Waals surface area contributed by atoms with Crippen LogP contribution in [0.15, 0.2) is 23.6 Å². The molecule has 1 fully saturated rings. The summed E-state index contributed by atoms with van der Waals surface area (Å²) in [6.07, 6.45) is 4.69. The summed E-state index contributed by atoms with van der Waals surface area (Å²) in [4.78, 5) is 41.9. The van der Waals surface area contributed by atoms with E-state index in [1.54, 1.807) is 11.0 Å². The van der Waals surface area contributed by atoms with Gasteiger partial charge in [0, 0.05) is 18.0 Å². The van der Waals surface area contributed by atoms with Gasteiger partial charge in [-0.3, -0.25) is 25.2 Å². The number of rotatable bonds is 3. The first-order valence-electron chi connectivity index (χ1n) is 10.1. The fraction of sp³-hybridized carbons (Fsp3) is 0.476. The molecule has 2 aliphatic rings. The molecule has 1 aliphatic carbocycles. The number of aryl methyl sites for hydroxylation is 1. The zero-order valence-corrected chi connectivity index (χ0v) is 18.0. The normalized spacial score (nSPS) is 21.3. The van der Waals surface area contributed by atoms with Crippen LogP contribution in [-0.2, 0) is 17.6 Å². The number of likely N-dealkylation sites (tertiary alicyclic amines) is 1. The topological polar surface area (TPSA) is 78.5 Å². The Kier molecular flexibility index (Phi) is 6.01. The Morgan fingerprint density at radius 2 is 2.03 bits per heavy atom. The van der Waals surface area contributed by atoms with Crippen LogP contribution in [0, 0.1) is 11.8 Å². The number of hydrazine groups is 1. The maximum Gasteiger partial charge on any atom is 0.279 e. The summed E-state index contributed by atoms with van der Waals surface area (Å²) in [6.45, 7) is 3.27. The number of hydrogen-bond acceptors (Lipinski definition) is 5. The monoisotopic (exact) mass is 431 g/mol. The summed E-state index contributed by atoms with van der Waals surface area (Å²) >= 11 is 2.93. The molecule has 0 saturated carbocycles. The van der Waals surface area contributed by atoms with E-state index in [0.717, 1.165) is 25.7 Å². The van der Waals surface area contributed by atoms with Crippen molar-refractivity contribution in [3.8, 4) is 0 Å². The smallest absolute Gasteiger partial charge is 0.279 e. The van der Waals surface area contributed by atoms with Crippen LogP contribution in [0.5, 0.6) is 0 Å². The van der Waals surface area contributed by atoms with E-state index < -0.39 is 0 Å². The fourth-order valence-electron chi connectivity index (χ4n) is 4.03. The molecule has 0 radical (unpaired) electrons. The van der Waals surface area contributed by atoms with Crippen LogP contribution in [0.2, 0.25) is 0 Å². The molecule has 1 aliphatic heterocycles. The molecule has 29 heavy (non-hydrogen) atoms. The number of amides is 3. The second-order valence-electron chi connectivity index (χ2n) is 7.92. The van der Waals surface area contributed by atoms with Crippen LogP contribution in [0.4, 0.5) is 0 Å². The van der Waals surface area contributed by atoms with Crippen molar-refractivity contribution in [3.63, 3.8) is 0 Å². The number of nitrogens with one attached hydrogen (secondary N) is 2. The number of hydrogen-bond donors (Lipinski definition) is 2. The predicted octanol–water partition coefficient (Wildman–Crippen LogP) is 3.25. The molecule has 0 spiro atoms. The summed E-state index contributed by atoms with van der Waals surface area (Å²) in [5.74, 6) is -0.200. The highest BCUT2D eigenvalue weighted by Gasteiger charge is 2.29. The van der Waals surface area contributed by atoms with Crippen LogP contribution in [0.1, 0.15) is 56.0 Å². The predicted molar refractivity (Wildman–Crippen MR) is 114 cm³/mol. The van der Waals surface area contributed by atoms with Gasteiger partial charge in [-0.05, 0) is 61.1 Å². The van der Waals surface area contributed by atoms with Crippen molar-refractivity contribution in [1.82, 2.24) is 15.8 Å². The van der Waals surface area contributed by atoms with Crippen molar-refractivity contribution in [2.75, 3.05) is 13.1 Å². The minimum absolute atomic E-state index is 0.0278. The van der Waals surface area contributed by atoms with E-state index in [-0.39, 0.29) is 23.6 Å². The SMILES string of the molecule is CC1CCc2sc(C(=O)NNC(=O)C3CCCN(C(=O)c4cccs4)C3)cc2C1. The Hall–Kier alpha value is -2.19. The van der Waals surface area contributed by atoms with Crippen LogP contribution in [-0.4, -0.2) is 35.7 Å². The summed E-state index contributed by atoms with van der Waals surface area (Å²) in [6, 6.07) is 5.61. The van der Waals surface area contributed by atoms with E-state index >= 15 is 0 Å². The maximum absolute atomic E-state index is 12.6. The second-order valence-corrected chi connectivity index (χ2v) is 10.0. The lowest BCUT2D eigenvalue weighted by Crippen LogP contribution is -2.49. The Morgan fingerprint density at radius 3 is 2.83 bits per heavy atom. The molecule has 6 nitrogen and oxygen atoms in total. The largest absolute Gasteiger partial charge is 0.337 e. The van der Waals surface area contributed by atoms with Crippen molar-refractivity contribution in [3.05, 3.63) is 43.8 Å². The maximum atomic E-state index is 12.6. The number of nitrogens with zero attached hydrogens (tertiary/aromatic N) is 1. The van der Waals surface area contributed by atoms with Gasteiger partial charge in [-0.25, -0.2) is 0 Å². The van der Waals surface area contributed by atoms with Gasteiger partial charge in [-0.2, -0.15) is 0 Å². The number of thiophene rings is 2. The van der Waals surface area contributed by atoms with Crippen LogP contribution in [0.3, 0.4) is 0 Å². The Balaban J connectivity index is 1.31. The van der Waals surface area contributed by atoms with Crippen molar-refractivity contribution in [2.24, 2.45) is 11.8 Å². The third-order valence-corrected chi connectivity index (χ3v) is 7.76. The lowest BCUT2D eigenvalue weighted by molar-refractivity contribution is -0.127. The average Bonchev–Trinajstić information content (AvgIpc) is 3.41. The van der Waals surface area contributed by atoms with Crippen molar-refractivity contribution in [2.45, 2.75) is 39.0 Å². The van der Waals surface area contributed by atoms with Gasteiger partial charge in [-0.1, -0.05) is 13.0 Å². The standard InChI is InChI=1S/C21H25N3O3S2/c1-13-6-7-16-15(10-13)11-18(29-16)20(26)23-22-19(25)14-4-2-8-24(12-14)21(27)17-5-3-9-28-17/h3,5,9,11,13-14H,2,4,6-8,10,12H2,1H3,(H,22,25)(H,23,26). The van der Waals surface area contributed by atoms with E-state index in [2.05, 4.69) is 17.8 Å². The summed E-state index contributed by atoms with van der Waals surface area (Å²) in [7, 11) is 0. The molecule has 154 valence electrons. The lowest BCUT2D eigenvalue weighted by atomic mass is 9.90. The first-order chi connectivity index (χ1) is 14.0. The van der Waals surface area contributed by atoms with E-state index in [1.807, 2.05) is 17.5 Å². The van der Waals surface area contributed by atoms with E-state index in [9.17, 15) is 14.4 Å². The molecule has 8 heteroatoms. The molecule has 4 rings (SSSR count). The van der Waals surface area contributed by atoms with Gasteiger partial charge in [0.2, 0.25) is 5.91 Å². The van der Waals surface area contributed by atoms with Gasteiger partial charge in [0.25, 0.3) is 11.8 Å². The van der Waals surface area contributed by atoms with Crippen LogP contribution >= 0.6 is 22.7 Å². The first-order valence-corrected chi connectivity index (χ1v) is 11.8. The highest BCUT2D eigenvalue weighted by Crippen LogP contribution is 2.32.